The highest BCUT2D eigenvalue weighted by atomic mass is 16.7. The molecular weight excluding hydrogens is 184 g/mol. The first-order valence-electron chi connectivity index (χ1n) is 4.78. The van der Waals surface area contributed by atoms with Gasteiger partial charge in [0, 0.05) is 5.41 Å². The Labute approximate surface area is 84.2 Å². The second kappa shape index (κ2) is 3.51. The lowest BCUT2D eigenvalue weighted by molar-refractivity contribution is -0.218. The fourth-order valence-corrected chi connectivity index (χ4v) is 1.33. The van der Waals surface area contributed by atoms with E-state index in [0.717, 1.165) is 0 Å². The molecule has 0 amide bonds. The molecule has 0 spiro atoms. The van der Waals surface area contributed by atoms with E-state index in [2.05, 4.69) is 0 Å². The topological polar surface area (TPSA) is 55.8 Å². The number of hydrogen-bond acceptors (Lipinski definition) is 3. The third-order valence-electron chi connectivity index (χ3n) is 2.70. The molecule has 1 aliphatic rings. The van der Waals surface area contributed by atoms with Crippen LogP contribution in [0.25, 0.3) is 0 Å². The van der Waals surface area contributed by atoms with Crippen molar-refractivity contribution in [3.8, 4) is 0 Å². The van der Waals surface area contributed by atoms with Crippen LogP contribution in [0.1, 0.15) is 34.1 Å². The van der Waals surface area contributed by atoms with Gasteiger partial charge in [-0.3, -0.25) is 4.79 Å². The summed E-state index contributed by atoms with van der Waals surface area (Å²) in [5.74, 6) is -1.52. The Morgan fingerprint density at radius 1 is 1.57 bits per heavy atom. The molecule has 4 heteroatoms. The van der Waals surface area contributed by atoms with Crippen molar-refractivity contribution in [3.63, 3.8) is 0 Å². The van der Waals surface area contributed by atoms with Crippen molar-refractivity contribution in [2.24, 2.45) is 5.41 Å². The number of carbonyl (C=O) groups is 1. The average molecular weight is 202 g/mol. The van der Waals surface area contributed by atoms with Gasteiger partial charge in [-0.15, -0.1) is 0 Å². The van der Waals surface area contributed by atoms with Crippen LogP contribution in [-0.2, 0) is 14.3 Å². The summed E-state index contributed by atoms with van der Waals surface area (Å²) in [7, 11) is 0. The SMILES string of the molecule is CC(C)(C)C1(C)OCC(CC(=O)O)O1. The van der Waals surface area contributed by atoms with Crippen LogP contribution < -0.4 is 0 Å². The third-order valence-corrected chi connectivity index (χ3v) is 2.70. The van der Waals surface area contributed by atoms with E-state index in [0.29, 0.717) is 6.61 Å². The number of aliphatic carboxylic acids is 1. The van der Waals surface area contributed by atoms with E-state index in [1.165, 1.54) is 0 Å². The molecule has 2 unspecified atom stereocenters. The van der Waals surface area contributed by atoms with E-state index in [1.807, 2.05) is 27.7 Å². The minimum atomic E-state index is -0.850. The smallest absolute Gasteiger partial charge is 0.306 e. The van der Waals surface area contributed by atoms with Crippen LogP contribution in [0, 0.1) is 5.41 Å². The normalized spacial score (nSPS) is 33.3. The van der Waals surface area contributed by atoms with Gasteiger partial charge in [-0.25, -0.2) is 0 Å². The van der Waals surface area contributed by atoms with Crippen LogP contribution in [-0.4, -0.2) is 29.6 Å². The monoisotopic (exact) mass is 202 g/mol. The fraction of sp³-hybridized carbons (Fsp3) is 0.900. The van der Waals surface area contributed by atoms with Crippen molar-refractivity contribution in [1.29, 1.82) is 0 Å². The summed E-state index contributed by atoms with van der Waals surface area (Å²) in [4.78, 5) is 10.5. The van der Waals surface area contributed by atoms with E-state index in [1.54, 1.807) is 0 Å². The first-order chi connectivity index (χ1) is 6.24. The van der Waals surface area contributed by atoms with Crippen molar-refractivity contribution < 1.29 is 19.4 Å². The zero-order valence-corrected chi connectivity index (χ0v) is 9.16. The highest BCUT2D eigenvalue weighted by Crippen LogP contribution is 2.39. The molecular formula is C10H18O4. The van der Waals surface area contributed by atoms with Crippen LogP contribution in [0.15, 0.2) is 0 Å². The molecule has 0 bridgehead atoms. The van der Waals surface area contributed by atoms with E-state index < -0.39 is 11.8 Å². The molecule has 0 aliphatic carbocycles. The molecule has 1 N–H and O–H groups in total. The number of ether oxygens (including phenoxy) is 2. The Balaban J connectivity index is 2.60. The van der Waals surface area contributed by atoms with E-state index >= 15 is 0 Å². The van der Waals surface area contributed by atoms with Crippen molar-refractivity contribution in [2.45, 2.75) is 46.0 Å². The van der Waals surface area contributed by atoms with E-state index in [-0.39, 0.29) is 17.9 Å². The minimum Gasteiger partial charge on any atom is -0.481 e. The van der Waals surface area contributed by atoms with Crippen LogP contribution in [0.5, 0.6) is 0 Å². The Kier molecular flexibility index (Phi) is 2.88. The van der Waals surface area contributed by atoms with Crippen LogP contribution in [0.4, 0.5) is 0 Å². The molecule has 0 saturated carbocycles. The lowest BCUT2D eigenvalue weighted by Gasteiger charge is -2.36. The summed E-state index contributed by atoms with van der Waals surface area (Å²) in [6.45, 7) is 8.25. The van der Waals surface area contributed by atoms with Gasteiger partial charge in [0.2, 0.25) is 0 Å². The van der Waals surface area contributed by atoms with Crippen molar-refractivity contribution in [2.75, 3.05) is 6.61 Å². The molecule has 2 atom stereocenters. The Morgan fingerprint density at radius 2 is 2.14 bits per heavy atom. The lowest BCUT2D eigenvalue weighted by Crippen LogP contribution is -2.41. The molecule has 1 rings (SSSR count). The Bertz CT molecular complexity index is 231. The van der Waals surface area contributed by atoms with E-state index in [4.69, 9.17) is 14.6 Å². The molecule has 14 heavy (non-hydrogen) atoms. The molecule has 4 nitrogen and oxygen atoms in total. The first kappa shape index (κ1) is 11.5. The molecule has 0 aromatic carbocycles. The molecule has 0 radical (unpaired) electrons. The highest BCUT2D eigenvalue weighted by molar-refractivity contribution is 5.67. The largest absolute Gasteiger partial charge is 0.481 e. The number of hydrogen-bond donors (Lipinski definition) is 1. The Morgan fingerprint density at radius 3 is 2.50 bits per heavy atom. The summed E-state index contributed by atoms with van der Waals surface area (Å²) in [5.41, 5.74) is -0.153. The van der Waals surface area contributed by atoms with Gasteiger partial charge in [-0.2, -0.15) is 0 Å². The summed E-state index contributed by atoms with van der Waals surface area (Å²) < 4.78 is 11.2. The van der Waals surface area contributed by atoms with Crippen LogP contribution >= 0.6 is 0 Å². The zero-order valence-electron chi connectivity index (χ0n) is 9.16. The predicted molar refractivity (Wildman–Crippen MR) is 50.9 cm³/mol. The third kappa shape index (κ3) is 2.25. The summed E-state index contributed by atoms with van der Waals surface area (Å²) in [6, 6.07) is 0. The number of carboxylic acid groups (broad SMARTS) is 1. The second-order valence-electron chi connectivity index (χ2n) is 4.84. The van der Waals surface area contributed by atoms with Gasteiger partial charge in [0.15, 0.2) is 5.79 Å². The van der Waals surface area contributed by atoms with Crippen LogP contribution in [0.3, 0.4) is 0 Å². The number of rotatable bonds is 2. The van der Waals surface area contributed by atoms with Gasteiger partial charge in [0.25, 0.3) is 0 Å². The average Bonchev–Trinajstić information content (AvgIpc) is 2.30. The maximum Gasteiger partial charge on any atom is 0.306 e. The standard InChI is InChI=1S/C10H18O4/c1-9(2,3)10(4)13-6-7(14-10)5-8(11)12/h7H,5-6H2,1-4H3,(H,11,12). The maximum atomic E-state index is 10.5. The molecule has 1 heterocycles. The zero-order chi connectivity index (χ0) is 11.0. The fourth-order valence-electron chi connectivity index (χ4n) is 1.33. The van der Waals surface area contributed by atoms with Crippen molar-refractivity contribution in [3.05, 3.63) is 0 Å². The predicted octanol–water partition coefficient (Wildman–Crippen LogP) is 1.64. The van der Waals surface area contributed by atoms with Gasteiger partial charge >= 0.3 is 5.97 Å². The summed E-state index contributed by atoms with van der Waals surface area (Å²) in [5, 5.41) is 8.61. The molecule has 0 aromatic rings. The minimum absolute atomic E-state index is 0.00562. The molecule has 1 aliphatic heterocycles. The van der Waals surface area contributed by atoms with Gasteiger partial charge in [0.05, 0.1) is 19.1 Å². The quantitative estimate of drug-likeness (QED) is 0.739. The summed E-state index contributed by atoms with van der Waals surface area (Å²) in [6.07, 6.45) is -0.317. The van der Waals surface area contributed by atoms with Crippen LogP contribution in [0.2, 0.25) is 0 Å². The summed E-state index contributed by atoms with van der Waals surface area (Å²) >= 11 is 0. The van der Waals surface area contributed by atoms with Gasteiger partial charge in [0.1, 0.15) is 0 Å². The molecule has 82 valence electrons. The first-order valence-corrected chi connectivity index (χ1v) is 4.78. The van der Waals surface area contributed by atoms with Gasteiger partial charge in [-0.05, 0) is 6.92 Å². The van der Waals surface area contributed by atoms with Gasteiger partial charge in [-0.1, -0.05) is 20.8 Å². The van der Waals surface area contributed by atoms with Crippen molar-refractivity contribution >= 4 is 5.97 Å². The molecule has 0 aromatic heterocycles. The lowest BCUT2D eigenvalue weighted by atomic mass is 9.87. The number of carboxylic acids is 1. The molecule has 1 saturated heterocycles. The highest BCUT2D eigenvalue weighted by Gasteiger charge is 2.46. The Hall–Kier alpha value is -0.610. The molecule has 1 fully saturated rings. The second-order valence-corrected chi connectivity index (χ2v) is 4.84. The maximum absolute atomic E-state index is 10.5. The van der Waals surface area contributed by atoms with Gasteiger partial charge < -0.3 is 14.6 Å². The van der Waals surface area contributed by atoms with Crippen molar-refractivity contribution in [1.82, 2.24) is 0 Å². The van der Waals surface area contributed by atoms with E-state index in [9.17, 15) is 4.79 Å².